The first-order valence-corrected chi connectivity index (χ1v) is 10.4. The number of hydrogen-bond donors (Lipinski definition) is 0. The molecular weight excluding hydrogens is 336 g/mol. The fraction of sp³-hybridized carbons (Fsp3) is 0.565. The lowest BCUT2D eigenvalue weighted by atomic mass is 9.95. The number of benzene rings is 1. The van der Waals surface area contributed by atoms with E-state index in [1.807, 2.05) is 0 Å². The van der Waals surface area contributed by atoms with Crippen LogP contribution in [-0.2, 0) is 0 Å². The van der Waals surface area contributed by atoms with Gasteiger partial charge < -0.3 is 0 Å². The van der Waals surface area contributed by atoms with Crippen molar-refractivity contribution in [2.75, 3.05) is 0 Å². The lowest BCUT2D eigenvalue weighted by Gasteiger charge is -2.15. The average molecular weight is 364 g/mol. The molecule has 0 amide bonds. The van der Waals surface area contributed by atoms with Crippen molar-refractivity contribution in [1.82, 2.24) is 0 Å². The first kappa shape index (κ1) is 19.5. The Bertz CT molecular complexity index is 713. The van der Waals surface area contributed by atoms with Crippen molar-refractivity contribution >= 4 is 17.3 Å². The number of aliphatic imine (C=N–C) groups is 1. The van der Waals surface area contributed by atoms with Crippen molar-refractivity contribution in [1.29, 1.82) is 5.26 Å². The maximum absolute atomic E-state index is 12.7. The van der Waals surface area contributed by atoms with Gasteiger partial charge in [0.25, 0.3) is 0 Å². The van der Waals surface area contributed by atoms with Crippen LogP contribution in [0.1, 0.15) is 91.3 Å². The Morgan fingerprint density at radius 1 is 0.815 bits per heavy atom. The van der Waals surface area contributed by atoms with E-state index in [-0.39, 0.29) is 23.3 Å². The maximum atomic E-state index is 12.7. The predicted octanol–water partition coefficient (Wildman–Crippen LogP) is 5.32. The smallest absolute Gasteiger partial charge is 0.181 e. The summed E-state index contributed by atoms with van der Waals surface area (Å²) in [6, 6.07) is 8.97. The molecule has 142 valence electrons. The van der Waals surface area contributed by atoms with Crippen LogP contribution in [0.15, 0.2) is 29.3 Å². The Labute approximate surface area is 161 Å². The van der Waals surface area contributed by atoms with Crippen LogP contribution < -0.4 is 0 Å². The third-order valence-corrected chi connectivity index (χ3v) is 5.77. The molecule has 0 aliphatic heterocycles. The number of rotatable bonds is 2. The molecule has 4 nitrogen and oxygen atoms in total. The van der Waals surface area contributed by atoms with Crippen molar-refractivity contribution in [3.05, 3.63) is 35.4 Å². The molecule has 1 aromatic carbocycles. The van der Waals surface area contributed by atoms with E-state index in [0.717, 1.165) is 25.7 Å². The Morgan fingerprint density at radius 3 is 1.70 bits per heavy atom. The lowest BCUT2D eigenvalue weighted by molar-refractivity contribution is 0.0884. The molecule has 2 aliphatic carbocycles. The normalized spacial score (nSPS) is 21.2. The van der Waals surface area contributed by atoms with E-state index in [9.17, 15) is 14.9 Å². The van der Waals surface area contributed by atoms with Crippen LogP contribution in [0.4, 0.5) is 0 Å². The number of carbonyl (C=O) groups is 2. The Morgan fingerprint density at radius 2 is 1.26 bits per heavy atom. The fourth-order valence-electron chi connectivity index (χ4n) is 4.23. The van der Waals surface area contributed by atoms with Gasteiger partial charge >= 0.3 is 0 Å². The van der Waals surface area contributed by atoms with Gasteiger partial charge in [-0.1, -0.05) is 82.1 Å². The molecule has 0 bridgehead atoms. The molecule has 0 unspecified atom stereocenters. The van der Waals surface area contributed by atoms with E-state index in [4.69, 9.17) is 0 Å². The SMILES string of the molecule is N#CC(=NC1CCCCCCCCCCC1)C1C(=O)c2ccccc2C1=O. The molecule has 0 radical (unpaired) electrons. The highest BCUT2D eigenvalue weighted by Gasteiger charge is 2.42. The van der Waals surface area contributed by atoms with Gasteiger partial charge in [-0.25, -0.2) is 0 Å². The summed E-state index contributed by atoms with van der Waals surface area (Å²) in [4.78, 5) is 30.1. The summed E-state index contributed by atoms with van der Waals surface area (Å²) in [6.45, 7) is 0. The van der Waals surface area contributed by atoms with Crippen molar-refractivity contribution < 1.29 is 9.59 Å². The lowest BCUT2D eigenvalue weighted by Crippen LogP contribution is -2.26. The number of nitrogens with zero attached hydrogens (tertiary/aromatic N) is 2. The number of carbonyl (C=O) groups excluding carboxylic acids is 2. The summed E-state index contributed by atoms with van der Waals surface area (Å²) in [5.74, 6) is -1.58. The summed E-state index contributed by atoms with van der Waals surface area (Å²) < 4.78 is 0. The van der Waals surface area contributed by atoms with Crippen LogP contribution in [0.5, 0.6) is 0 Å². The van der Waals surface area contributed by atoms with Crippen molar-refractivity contribution in [3.63, 3.8) is 0 Å². The molecule has 0 aromatic heterocycles. The van der Waals surface area contributed by atoms with Crippen LogP contribution >= 0.6 is 0 Å². The van der Waals surface area contributed by atoms with Crippen molar-refractivity contribution in [2.45, 2.75) is 76.7 Å². The average Bonchev–Trinajstić information content (AvgIpc) is 2.93. The van der Waals surface area contributed by atoms with Crippen LogP contribution in [0.25, 0.3) is 0 Å². The molecule has 1 saturated carbocycles. The van der Waals surface area contributed by atoms with Crippen LogP contribution in [-0.4, -0.2) is 23.3 Å². The van der Waals surface area contributed by atoms with E-state index in [1.54, 1.807) is 24.3 Å². The van der Waals surface area contributed by atoms with Gasteiger partial charge in [0.2, 0.25) is 0 Å². The number of Topliss-reactive ketones (excluding diaryl/α,β-unsaturated/α-hetero) is 2. The van der Waals surface area contributed by atoms with Gasteiger partial charge in [0.05, 0.1) is 6.04 Å². The zero-order valence-electron chi connectivity index (χ0n) is 16.0. The molecule has 4 heteroatoms. The third-order valence-electron chi connectivity index (χ3n) is 5.77. The molecule has 0 spiro atoms. The number of ketones is 2. The number of hydrogen-bond acceptors (Lipinski definition) is 4. The minimum atomic E-state index is -1.03. The highest BCUT2D eigenvalue weighted by molar-refractivity contribution is 6.38. The van der Waals surface area contributed by atoms with E-state index in [1.165, 1.54) is 44.9 Å². The van der Waals surface area contributed by atoms with Crippen molar-refractivity contribution in [3.8, 4) is 6.07 Å². The van der Waals surface area contributed by atoms with Gasteiger partial charge in [-0.3, -0.25) is 14.6 Å². The van der Waals surface area contributed by atoms with Crippen molar-refractivity contribution in [2.24, 2.45) is 10.9 Å². The van der Waals surface area contributed by atoms with E-state index in [0.29, 0.717) is 11.1 Å². The fourth-order valence-corrected chi connectivity index (χ4v) is 4.23. The molecular formula is C23H28N2O2. The summed E-state index contributed by atoms with van der Waals surface area (Å²) in [6.07, 6.45) is 12.9. The van der Waals surface area contributed by atoms with Gasteiger partial charge in [0, 0.05) is 11.1 Å². The zero-order chi connectivity index (χ0) is 19.1. The maximum Gasteiger partial charge on any atom is 0.181 e. The molecule has 27 heavy (non-hydrogen) atoms. The molecule has 1 aromatic rings. The molecule has 0 saturated heterocycles. The number of fused-ring (bicyclic) bond motifs is 1. The quantitative estimate of drug-likeness (QED) is 0.527. The van der Waals surface area contributed by atoms with E-state index in [2.05, 4.69) is 11.1 Å². The zero-order valence-corrected chi connectivity index (χ0v) is 16.0. The molecule has 0 atom stereocenters. The van der Waals surface area contributed by atoms with Gasteiger partial charge in [-0.05, 0) is 12.8 Å². The second-order valence-electron chi connectivity index (χ2n) is 7.75. The third kappa shape index (κ3) is 4.71. The van der Waals surface area contributed by atoms with Crippen LogP contribution in [0, 0.1) is 17.2 Å². The van der Waals surface area contributed by atoms with Gasteiger partial charge in [-0.15, -0.1) is 0 Å². The Kier molecular flexibility index (Phi) is 6.92. The molecule has 0 heterocycles. The van der Waals surface area contributed by atoms with Gasteiger partial charge in [0.1, 0.15) is 17.7 Å². The summed E-state index contributed by atoms with van der Waals surface area (Å²) in [7, 11) is 0. The minimum Gasteiger partial charge on any atom is -0.293 e. The first-order valence-electron chi connectivity index (χ1n) is 10.4. The van der Waals surface area contributed by atoms with Gasteiger partial charge in [-0.2, -0.15) is 5.26 Å². The Hall–Kier alpha value is -2.28. The number of nitriles is 1. The molecule has 1 fully saturated rings. The van der Waals surface area contributed by atoms with E-state index < -0.39 is 5.92 Å². The van der Waals surface area contributed by atoms with Crippen LogP contribution in [0.3, 0.4) is 0 Å². The predicted molar refractivity (Wildman–Crippen MR) is 106 cm³/mol. The highest BCUT2D eigenvalue weighted by Crippen LogP contribution is 2.28. The largest absolute Gasteiger partial charge is 0.293 e. The Balaban J connectivity index is 1.76. The monoisotopic (exact) mass is 364 g/mol. The van der Waals surface area contributed by atoms with Gasteiger partial charge in [0.15, 0.2) is 11.6 Å². The second-order valence-corrected chi connectivity index (χ2v) is 7.75. The second kappa shape index (κ2) is 9.60. The summed E-state index contributed by atoms with van der Waals surface area (Å²) in [5, 5.41) is 9.66. The summed E-state index contributed by atoms with van der Waals surface area (Å²) >= 11 is 0. The molecule has 0 N–H and O–H groups in total. The molecule has 3 rings (SSSR count). The standard InChI is InChI=1S/C23H28N2O2/c24-16-20(21-22(26)18-14-10-11-15-19(18)23(21)27)25-17-12-8-6-4-2-1-3-5-7-9-13-17/h10-11,14-15,17,21H,1-9,12-13H2. The van der Waals surface area contributed by atoms with E-state index >= 15 is 0 Å². The first-order chi connectivity index (χ1) is 13.2. The van der Waals surface area contributed by atoms with Crippen LogP contribution in [0.2, 0.25) is 0 Å². The topological polar surface area (TPSA) is 70.3 Å². The molecule has 2 aliphatic rings. The summed E-state index contributed by atoms with van der Waals surface area (Å²) in [5.41, 5.74) is 0.960. The highest BCUT2D eigenvalue weighted by atomic mass is 16.2. The minimum absolute atomic E-state index is 0.0448.